The highest BCUT2D eigenvalue weighted by Crippen LogP contribution is 2.27. The Balaban J connectivity index is 2.69. The van der Waals surface area contributed by atoms with Crippen molar-refractivity contribution in [3.05, 3.63) is 23.8 Å². The molecule has 0 aliphatic carbocycles. The second-order valence-electron chi connectivity index (χ2n) is 3.71. The number of hydrogen-bond donors (Lipinski definition) is 2. The summed E-state index contributed by atoms with van der Waals surface area (Å²) in [5.41, 5.74) is 0.405. The predicted molar refractivity (Wildman–Crippen MR) is 70.6 cm³/mol. The first kappa shape index (κ1) is 14.8. The van der Waals surface area contributed by atoms with Gasteiger partial charge in [-0.1, -0.05) is 0 Å². The lowest BCUT2D eigenvalue weighted by Crippen LogP contribution is -2.36. The number of carbonyl (C=O) groups excluding carboxylic acids is 2. The first-order chi connectivity index (χ1) is 9.12. The van der Waals surface area contributed by atoms with Crippen LogP contribution in [0.1, 0.15) is 17.3 Å². The van der Waals surface area contributed by atoms with E-state index in [0.29, 0.717) is 23.6 Å². The number of hydrogen-bond acceptors (Lipinski definition) is 4. The highest BCUT2D eigenvalue weighted by molar-refractivity contribution is 5.97. The van der Waals surface area contributed by atoms with E-state index in [1.165, 1.54) is 14.2 Å². The molecular formula is C13H18N2O4. The molecule has 19 heavy (non-hydrogen) atoms. The monoisotopic (exact) mass is 266 g/mol. The Labute approximate surface area is 112 Å². The van der Waals surface area contributed by atoms with Crippen LogP contribution in [0.3, 0.4) is 0 Å². The normalized spacial score (nSPS) is 9.63. The minimum Gasteiger partial charge on any atom is -0.493 e. The third-order valence-corrected chi connectivity index (χ3v) is 2.43. The maximum atomic E-state index is 11.8. The van der Waals surface area contributed by atoms with Gasteiger partial charge in [-0.2, -0.15) is 0 Å². The molecular weight excluding hydrogens is 248 g/mol. The number of rotatable bonds is 6. The van der Waals surface area contributed by atoms with Gasteiger partial charge in [-0.05, 0) is 25.1 Å². The van der Waals surface area contributed by atoms with Gasteiger partial charge in [0, 0.05) is 12.1 Å². The third-order valence-electron chi connectivity index (χ3n) is 2.43. The number of nitrogens with one attached hydrogen (secondary N) is 2. The van der Waals surface area contributed by atoms with Crippen LogP contribution in [0, 0.1) is 0 Å². The van der Waals surface area contributed by atoms with Gasteiger partial charge in [-0.15, -0.1) is 0 Å². The molecule has 0 saturated carbocycles. The third kappa shape index (κ3) is 4.17. The highest BCUT2D eigenvalue weighted by Gasteiger charge is 2.11. The maximum absolute atomic E-state index is 11.8. The second-order valence-corrected chi connectivity index (χ2v) is 3.71. The summed E-state index contributed by atoms with van der Waals surface area (Å²) in [6.07, 6.45) is 0. The number of ether oxygens (including phenoxy) is 2. The number of carbonyl (C=O) groups is 2. The zero-order chi connectivity index (χ0) is 14.3. The molecule has 0 saturated heterocycles. The van der Waals surface area contributed by atoms with E-state index in [1.807, 2.05) is 6.92 Å². The molecule has 0 aliphatic rings. The van der Waals surface area contributed by atoms with Crippen LogP contribution in [0.15, 0.2) is 18.2 Å². The van der Waals surface area contributed by atoms with Gasteiger partial charge in [-0.25, -0.2) is 0 Å². The molecule has 0 unspecified atom stereocenters. The van der Waals surface area contributed by atoms with Crippen LogP contribution in [-0.2, 0) is 4.79 Å². The van der Waals surface area contributed by atoms with Gasteiger partial charge in [0.15, 0.2) is 11.5 Å². The van der Waals surface area contributed by atoms with Crippen LogP contribution in [0.5, 0.6) is 11.5 Å². The van der Waals surface area contributed by atoms with Crippen molar-refractivity contribution in [1.29, 1.82) is 0 Å². The largest absolute Gasteiger partial charge is 0.493 e. The van der Waals surface area contributed by atoms with Gasteiger partial charge in [0.05, 0.1) is 20.8 Å². The van der Waals surface area contributed by atoms with E-state index in [0.717, 1.165) is 0 Å². The van der Waals surface area contributed by atoms with Crippen LogP contribution in [0.4, 0.5) is 0 Å². The van der Waals surface area contributed by atoms with Crippen LogP contribution >= 0.6 is 0 Å². The molecule has 6 nitrogen and oxygen atoms in total. The Morgan fingerprint density at radius 1 is 1.11 bits per heavy atom. The minimum absolute atomic E-state index is 0.0545. The fourth-order valence-corrected chi connectivity index (χ4v) is 1.50. The van der Waals surface area contributed by atoms with Crippen molar-refractivity contribution in [2.24, 2.45) is 0 Å². The summed E-state index contributed by atoms with van der Waals surface area (Å²) in [5, 5.41) is 5.12. The van der Waals surface area contributed by atoms with Crippen molar-refractivity contribution >= 4 is 11.8 Å². The smallest absolute Gasteiger partial charge is 0.251 e. The van der Waals surface area contributed by atoms with Gasteiger partial charge in [-0.3, -0.25) is 9.59 Å². The van der Waals surface area contributed by atoms with E-state index >= 15 is 0 Å². The van der Waals surface area contributed by atoms with E-state index in [4.69, 9.17) is 9.47 Å². The zero-order valence-electron chi connectivity index (χ0n) is 11.3. The van der Waals surface area contributed by atoms with Crippen LogP contribution in [-0.4, -0.2) is 39.1 Å². The topological polar surface area (TPSA) is 76.7 Å². The molecule has 0 aliphatic heterocycles. The predicted octanol–water partition coefficient (Wildman–Crippen LogP) is 0.570. The van der Waals surface area contributed by atoms with E-state index < -0.39 is 0 Å². The maximum Gasteiger partial charge on any atom is 0.251 e. The van der Waals surface area contributed by atoms with Crippen LogP contribution < -0.4 is 20.1 Å². The van der Waals surface area contributed by atoms with Crippen LogP contribution in [0.25, 0.3) is 0 Å². The average Bonchev–Trinajstić information content (AvgIpc) is 2.44. The fraction of sp³-hybridized carbons (Fsp3) is 0.385. The number of amides is 2. The van der Waals surface area contributed by atoms with E-state index in [2.05, 4.69) is 10.6 Å². The fourth-order valence-electron chi connectivity index (χ4n) is 1.50. The quantitative estimate of drug-likeness (QED) is 0.789. The Kier molecular flexibility index (Phi) is 5.66. The summed E-state index contributed by atoms with van der Waals surface area (Å²) >= 11 is 0. The first-order valence-electron chi connectivity index (χ1n) is 5.89. The molecule has 2 amide bonds. The Morgan fingerprint density at radius 3 is 2.37 bits per heavy atom. The van der Waals surface area contributed by atoms with Gasteiger partial charge >= 0.3 is 0 Å². The molecule has 0 aromatic heterocycles. The zero-order valence-corrected chi connectivity index (χ0v) is 11.3. The first-order valence-corrected chi connectivity index (χ1v) is 5.89. The number of likely N-dealkylation sites (N-methyl/N-ethyl adjacent to an activating group) is 1. The van der Waals surface area contributed by atoms with E-state index in [1.54, 1.807) is 18.2 Å². The Bertz CT molecular complexity index is 460. The molecule has 0 spiro atoms. The van der Waals surface area contributed by atoms with Crippen molar-refractivity contribution in [2.75, 3.05) is 27.3 Å². The van der Waals surface area contributed by atoms with Gasteiger partial charge in [0.25, 0.3) is 5.91 Å². The standard InChI is InChI=1S/C13H18N2O4/c1-4-14-12(16)8-15-13(17)9-5-6-10(18-2)11(7-9)19-3/h5-7H,4,8H2,1-3H3,(H,14,16)(H,15,17). The summed E-state index contributed by atoms with van der Waals surface area (Å²) in [6.45, 7) is 2.29. The van der Waals surface area contributed by atoms with Gasteiger partial charge < -0.3 is 20.1 Å². The van der Waals surface area contributed by atoms with Gasteiger partial charge in [0.1, 0.15) is 0 Å². The number of benzene rings is 1. The summed E-state index contributed by atoms with van der Waals surface area (Å²) in [7, 11) is 3.01. The minimum atomic E-state index is -0.341. The van der Waals surface area contributed by atoms with E-state index in [9.17, 15) is 9.59 Å². The van der Waals surface area contributed by atoms with Crippen molar-refractivity contribution in [3.63, 3.8) is 0 Å². The summed E-state index contributed by atoms with van der Waals surface area (Å²) in [6, 6.07) is 4.81. The van der Waals surface area contributed by atoms with Crippen molar-refractivity contribution in [3.8, 4) is 11.5 Å². The van der Waals surface area contributed by atoms with Crippen molar-refractivity contribution < 1.29 is 19.1 Å². The molecule has 6 heteroatoms. The molecule has 0 heterocycles. The average molecular weight is 266 g/mol. The molecule has 0 bridgehead atoms. The highest BCUT2D eigenvalue weighted by atomic mass is 16.5. The second kappa shape index (κ2) is 7.25. The van der Waals surface area contributed by atoms with Crippen molar-refractivity contribution in [1.82, 2.24) is 10.6 Å². The molecule has 0 atom stereocenters. The molecule has 104 valence electrons. The lowest BCUT2D eigenvalue weighted by Gasteiger charge is -2.10. The Morgan fingerprint density at radius 2 is 1.79 bits per heavy atom. The molecule has 1 rings (SSSR count). The molecule has 2 N–H and O–H groups in total. The van der Waals surface area contributed by atoms with Gasteiger partial charge in [0.2, 0.25) is 5.91 Å². The summed E-state index contributed by atoms with van der Waals surface area (Å²) < 4.78 is 10.2. The van der Waals surface area contributed by atoms with Crippen LogP contribution in [0.2, 0.25) is 0 Å². The van der Waals surface area contributed by atoms with Crippen molar-refractivity contribution in [2.45, 2.75) is 6.92 Å². The molecule has 1 aromatic carbocycles. The molecule has 1 aromatic rings. The summed E-state index contributed by atoms with van der Waals surface area (Å²) in [4.78, 5) is 23.1. The lowest BCUT2D eigenvalue weighted by molar-refractivity contribution is -0.120. The van der Waals surface area contributed by atoms with E-state index in [-0.39, 0.29) is 18.4 Å². The Hall–Kier alpha value is -2.24. The SMILES string of the molecule is CCNC(=O)CNC(=O)c1ccc(OC)c(OC)c1. The summed E-state index contributed by atoms with van der Waals surface area (Å²) in [5.74, 6) is 0.444. The number of methoxy groups -OCH3 is 2. The molecule has 0 radical (unpaired) electrons. The lowest BCUT2D eigenvalue weighted by atomic mass is 10.2. The molecule has 0 fully saturated rings.